The standard InChI is InChI=1S/C20H26/c1-5-15(3)17-7-11-19(12-8-17)20-13-9-18(10-14-20)16(4)6-2/h7-16H,5-6H2,1-4H3. The number of hydrogen-bond donors (Lipinski definition) is 0. The molecule has 0 saturated carbocycles. The van der Waals surface area contributed by atoms with Crippen LogP contribution in [0.25, 0.3) is 11.1 Å². The fourth-order valence-corrected chi connectivity index (χ4v) is 2.48. The average Bonchev–Trinajstić information content (AvgIpc) is 2.53. The lowest BCUT2D eigenvalue weighted by Gasteiger charge is -2.11. The zero-order valence-corrected chi connectivity index (χ0v) is 13.2. The summed E-state index contributed by atoms with van der Waals surface area (Å²) in [5, 5.41) is 0. The maximum atomic E-state index is 2.29. The predicted molar refractivity (Wildman–Crippen MR) is 89.3 cm³/mol. The molecule has 0 saturated heterocycles. The van der Waals surface area contributed by atoms with Gasteiger partial charge in [-0.1, -0.05) is 76.2 Å². The second-order valence-corrected chi connectivity index (χ2v) is 5.86. The first kappa shape index (κ1) is 14.8. The zero-order valence-electron chi connectivity index (χ0n) is 13.2. The number of rotatable bonds is 5. The van der Waals surface area contributed by atoms with E-state index in [0.29, 0.717) is 11.8 Å². The SMILES string of the molecule is CCC(C)c1ccc(-c2ccc(C(C)CC)cc2)cc1. The number of benzene rings is 2. The van der Waals surface area contributed by atoms with E-state index in [4.69, 9.17) is 0 Å². The minimum atomic E-state index is 0.650. The Balaban J connectivity index is 2.19. The van der Waals surface area contributed by atoms with Crippen LogP contribution in [0.2, 0.25) is 0 Å². The molecule has 106 valence electrons. The maximum Gasteiger partial charge on any atom is -0.0184 e. The van der Waals surface area contributed by atoms with Crippen molar-refractivity contribution in [2.24, 2.45) is 0 Å². The van der Waals surface area contributed by atoms with Crippen LogP contribution in [0.5, 0.6) is 0 Å². The Morgan fingerprint density at radius 3 is 1.15 bits per heavy atom. The van der Waals surface area contributed by atoms with Crippen molar-refractivity contribution < 1.29 is 0 Å². The maximum absolute atomic E-state index is 2.29. The van der Waals surface area contributed by atoms with E-state index in [9.17, 15) is 0 Å². The molecule has 0 nitrogen and oxygen atoms in total. The molecule has 0 fully saturated rings. The minimum Gasteiger partial charge on any atom is -0.0648 e. The molecule has 0 N–H and O–H groups in total. The van der Waals surface area contributed by atoms with E-state index in [-0.39, 0.29) is 0 Å². The third-order valence-electron chi connectivity index (χ3n) is 4.52. The van der Waals surface area contributed by atoms with Crippen molar-refractivity contribution >= 4 is 0 Å². The lowest BCUT2D eigenvalue weighted by Crippen LogP contribution is -1.92. The van der Waals surface area contributed by atoms with E-state index in [1.165, 1.54) is 35.1 Å². The normalized spacial score (nSPS) is 14.0. The second kappa shape index (κ2) is 6.74. The van der Waals surface area contributed by atoms with Crippen LogP contribution in [0.4, 0.5) is 0 Å². The summed E-state index contributed by atoms with van der Waals surface area (Å²) >= 11 is 0. The summed E-state index contributed by atoms with van der Waals surface area (Å²) in [4.78, 5) is 0. The van der Waals surface area contributed by atoms with Gasteiger partial charge in [0, 0.05) is 0 Å². The first-order valence-corrected chi connectivity index (χ1v) is 7.86. The molecule has 2 unspecified atom stereocenters. The van der Waals surface area contributed by atoms with Crippen LogP contribution in [0.1, 0.15) is 63.5 Å². The lowest BCUT2D eigenvalue weighted by molar-refractivity contribution is 0.733. The molecule has 2 atom stereocenters. The molecule has 0 amide bonds. The Morgan fingerprint density at radius 1 is 0.600 bits per heavy atom. The van der Waals surface area contributed by atoms with Crippen LogP contribution >= 0.6 is 0 Å². The molecular weight excluding hydrogens is 240 g/mol. The molecule has 0 aliphatic heterocycles. The Bertz CT molecular complexity index is 467. The molecular formula is C20H26. The van der Waals surface area contributed by atoms with Crippen molar-refractivity contribution in [2.45, 2.75) is 52.4 Å². The first-order chi connectivity index (χ1) is 9.65. The van der Waals surface area contributed by atoms with E-state index in [0.717, 1.165) is 0 Å². The molecule has 2 rings (SSSR count). The summed E-state index contributed by atoms with van der Waals surface area (Å²) in [6, 6.07) is 18.1. The van der Waals surface area contributed by atoms with E-state index in [1.807, 2.05) is 0 Å². The van der Waals surface area contributed by atoms with Crippen LogP contribution in [0, 0.1) is 0 Å². The topological polar surface area (TPSA) is 0 Å². The van der Waals surface area contributed by atoms with Gasteiger partial charge in [-0.2, -0.15) is 0 Å². The fourth-order valence-electron chi connectivity index (χ4n) is 2.48. The molecule has 0 aromatic heterocycles. The van der Waals surface area contributed by atoms with Crippen molar-refractivity contribution in [2.75, 3.05) is 0 Å². The van der Waals surface area contributed by atoms with Gasteiger partial charge in [0.2, 0.25) is 0 Å². The van der Waals surface area contributed by atoms with Crippen molar-refractivity contribution in [3.63, 3.8) is 0 Å². The number of hydrogen-bond acceptors (Lipinski definition) is 0. The molecule has 2 aromatic carbocycles. The van der Waals surface area contributed by atoms with Gasteiger partial charge in [-0.25, -0.2) is 0 Å². The summed E-state index contributed by atoms with van der Waals surface area (Å²) in [7, 11) is 0. The van der Waals surface area contributed by atoms with E-state index in [2.05, 4.69) is 76.2 Å². The van der Waals surface area contributed by atoms with E-state index in [1.54, 1.807) is 0 Å². The van der Waals surface area contributed by atoms with Crippen LogP contribution in [-0.2, 0) is 0 Å². The molecule has 0 radical (unpaired) electrons. The largest absolute Gasteiger partial charge is 0.0648 e. The molecule has 0 bridgehead atoms. The summed E-state index contributed by atoms with van der Waals surface area (Å²) in [5.74, 6) is 1.30. The summed E-state index contributed by atoms with van der Waals surface area (Å²) in [6.45, 7) is 9.06. The highest BCUT2D eigenvalue weighted by atomic mass is 14.1. The van der Waals surface area contributed by atoms with Gasteiger partial charge in [-0.05, 0) is 46.9 Å². The average molecular weight is 266 g/mol. The summed E-state index contributed by atoms with van der Waals surface area (Å²) in [5.41, 5.74) is 5.50. The fraction of sp³-hybridized carbons (Fsp3) is 0.400. The summed E-state index contributed by atoms with van der Waals surface area (Å²) < 4.78 is 0. The van der Waals surface area contributed by atoms with Crippen LogP contribution in [-0.4, -0.2) is 0 Å². The Kier molecular flexibility index (Phi) is 5.00. The third kappa shape index (κ3) is 3.30. The van der Waals surface area contributed by atoms with E-state index >= 15 is 0 Å². The van der Waals surface area contributed by atoms with Crippen molar-refractivity contribution in [3.8, 4) is 11.1 Å². The van der Waals surface area contributed by atoms with Gasteiger partial charge in [0.15, 0.2) is 0 Å². The molecule has 0 spiro atoms. The van der Waals surface area contributed by atoms with Crippen LogP contribution in [0.3, 0.4) is 0 Å². The van der Waals surface area contributed by atoms with Gasteiger partial charge >= 0.3 is 0 Å². The van der Waals surface area contributed by atoms with Crippen LogP contribution in [0.15, 0.2) is 48.5 Å². The Morgan fingerprint density at radius 2 is 0.900 bits per heavy atom. The van der Waals surface area contributed by atoms with Gasteiger partial charge in [0.25, 0.3) is 0 Å². The zero-order chi connectivity index (χ0) is 14.5. The van der Waals surface area contributed by atoms with Crippen molar-refractivity contribution in [3.05, 3.63) is 59.7 Å². The first-order valence-electron chi connectivity index (χ1n) is 7.86. The van der Waals surface area contributed by atoms with Crippen molar-refractivity contribution in [1.29, 1.82) is 0 Å². The highest BCUT2D eigenvalue weighted by molar-refractivity contribution is 5.64. The molecule has 20 heavy (non-hydrogen) atoms. The molecule has 0 heteroatoms. The lowest BCUT2D eigenvalue weighted by atomic mass is 9.94. The molecule has 2 aromatic rings. The third-order valence-corrected chi connectivity index (χ3v) is 4.52. The Hall–Kier alpha value is -1.56. The van der Waals surface area contributed by atoms with Gasteiger partial charge in [0.1, 0.15) is 0 Å². The molecule has 0 aliphatic carbocycles. The summed E-state index contributed by atoms with van der Waals surface area (Å²) in [6.07, 6.45) is 2.39. The van der Waals surface area contributed by atoms with Gasteiger partial charge < -0.3 is 0 Å². The molecule has 0 aliphatic rings. The van der Waals surface area contributed by atoms with Gasteiger partial charge in [0.05, 0.1) is 0 Å². The van der Waals surface area contributed by atoms with E-state index < -0.39 is 0 Å². The predicted octanol–water partition coefficient (Wildman–Crippen LogP) is 6.38. The van der Waals surface area contributed by atoms with Crippen molar-refractivity contribution in [1.82, 2.24) is 0 Å². The van der Waals surface area contributed by atoms with Gasteiger partial charge in [-0.15, -0.1) is 0 Å². The second-order valence-electron chi connectivity index (χ2n) is 5.86. The van der Waals surface area contributed by atoms with Crippen LogP contribution < -0.4 is 0 Å². The highest BCUT2D eigenvalue weighted by Gasteiger charge is 2.05. The monoisotopic (exact) mass is 266 g/mol. The molecule has 0 heterocycles. The smallest absolute Gasteiger partial charge is 0.0184 e. The Labute approximate surface area is 123 Å². The quantitative estimate of drug-likeness (QED) is 0.589. The minimum absolute atomic E-state index is 0.650. The van der Waals surface area contributed by atoms with Gasteiger partial charge in [-0.3, -0.25) is 0 Å². The highest BCUT2D eigenvalue weighted by Crippen LogP contribution is 2.26.